The molecule has 23 heavy (non-hydrogen) atoms. The van der Waals surface area contributed by atoms with Crippen molar-refractivity contribution in [2.45, 2.75) is 38.8 Å². The monoisotopic (exact) mass is 324 g/mol. The van der Waals surface area contributed by atoms with Crippen molar-refractivity contribution in [3.8, 4) is 0 Å². The van der Waals surface area contributed by atoms with Crippen molar-refractivity contribution >= 4 is 5.97 Å². The fourth-order valence-corrected chi connectivity index (χ4v) is 2.26. The Balaban J connectivity index is 1.55. The predicted molar refractivity (Wildman–Crippen MR) is 82.9 cm³/mol. The van der Waals surface area contributed by atoms with E-state index in [-0.39, 0.29) is 12.9 Å². The van der Waals surface area contributed by atoms with Gasteiger partial charge < -0.3 is 24.1 Å². The Morgan fingerprint density at radius 2 is 1.78 bits per heavy atom. The molecule has 0 amide bonds. The zero-order chi connectivity index (χ0) is 16.3. The van der Waals surface area contributed by atoms with Crippen molar-refractivity contribution < 1.29 is 28.8 Å². The molecule has 1 fully saturated rings. The topological polar surface area (TPSA) is 74.2 Å². The Hall–Kier alpha value is -1.47. The highest BCUT2D eigenvalue weighted by Crippen LogP contribution is 2.13. The van der Waals surface area contributed by atoms with E-state index in [4.69, 9.17) is 24.1 Å². The first-order valence-corrected chi connectivity index (χ1v) is 7.92. The number of hydrogen-bond donors (Lipinski definition) is 1. The fourth-order valence-electron chi connectivity index (χ4n) is 2.26. The number of aliphatic carboxylic acids is 1. The molecule has 1 aliphatic rings. The molecule has 0 aromatic heterocycles. The summed E-state index contributed by atoms with van der Waals surface area (Å²) in [6.07, 6.45) is 3.17. The highest BCUT2D eigenvalue weighted by atomic mass is 16.7. The molecule has 1 heterocycles. The zero-order valence-corrected chi connectivity index (χ0v) is 13.2. The molecule has 0 spiro atoms. The zero-order valence-electron chi connectivity index (χ0n) is 13.2. The minimum Gasteiger partial charge on any atom is -0.480 e. The molecule has 0 radical (unpaired) electrons. The molecule has 1 N–H and O–H groups in total. The van der Waals surface area contributed by atoms with E-state index in [1.54, 1.807) is 0 Å². The maximum atomic E-state index is 10.4. The molecule has 1 saturated heterocycles. The van der Waals surface area contributed by atoms with Gasteiger partial charge in [0, 0.05) is 6.61 Å². The lowest BCUT2D eigenvalue weighted by Gasteiger charge is -2.22. The van der Waals surface area contributed by atoms with Crippen LogP contribution in [0.3, 0.4) is 0 Å². The first kappa shape index (κ1) is 17.9. The van der Waals surface area contributed by atoms with Gasteiger partial charge in [-0.3, -0.25) is 0 Å². The quantitative estimate of drug-likeness (QED) is 0.666. The van der Waals surface area contributed by atoms with E-state index < -0.39 is 5.97 Å². The standard InChI is InChI=1S/C17H24O6/c18-16(19)13-21-12-15-6-4-14(5-7-15)11-20-9-10-23-17-3-1-2-8-22-17/h4-7,17H,1-3,8-13H2,(H,18,19). The maximum absolute atomic E-state index is 10.4. The third-order valence-electron chi connectivity index (χ3n) is 3.46. The van der Waals surface area contributed by atoms with Gasteiger partial charge in [-0.2, -0.15) is 0 Å². The lowest BCUT2D eigenvalue weighted by atomic mass is 10.1. The van der Waals surface area contributed by atoms with Gasteiger partial charge in [-0.15, -0.1) is 0 Å². The van der Waals surface area contributed by atoms with Gasteiger partial charge in [0.15, 0.2) is 6.29 Å². The Labute approximate surface area is 136 Å². The highest BCUT2D eigenvalue weighted by molar-refractivity contribution is 5.67. The van der Waals surface area contributed by atoms with E-state index >= 15 is 0 Å². The SMILES string of the molecule is O=C(O)COCc1ccc(COCCOC2CCCCO2)cc1. The Bertz CT molecular complexity index is 453. The van der Waals surface area contributed by atoms with Crippen molar-refractivity contribution in [1.82, 2.24) is 0 Å². The summed E-state index contributed by atoms with van der Waals surface area (Å²) in [4.78, 5) is 10.4. The van der Waals surface area contributed by atoms with Gasteiger partial charge in [0.25, 0.3) is 0 Å². The number of carboxylic acids is 1. The molecule has 2 rings (SSSR count). The Morgan fingerprint density at radius 3 is 2.39 bits per heavy atom. The van der Waals surface area contributed by atoms with Gasteiger partial charge in [0.2, 0.25) is 0 Å². The Morgan fingerprint density at radius 1 is 1.09 bits per heavy atom. The summed E-state index contributed by atoms with van der Waals surface area (Å²) in [6, 6.07) is 7.72. The van der Waals surface area contributed by atoms with E-state index in [9.17, 15) is 4.79 Å². The number of carbonyl (C=O) groups is 1. The van der Waals surface area contributed by atoms with Gasteiger partial charge >= 0.3 is 5.97 Å². The maximum Gasteiger partial charge on any atom is 0.329 e. The summed E-state index contributed by atoms with van der Waals surface area (Å²) >= 11 is 0. The molecule has 0 saturated carbocycles. The average molecular weight is 324 g/mol. The minimum absolute atomic E-state index is 0.0718. The molecule has 128 valence electrons. The third-order valence-corrected chi connectivity index (χ3v) is 3.46. The number of hydrogen-bond acceptors (Lipinski definition) is 5. The molecule has 0 bridgehead atoms. The van der Waals surface area contributed by atoms with E-state index in [0.29, 0.717) is 26.4 Å². The fraction of sp³-hybridized carbons (Fsp3) is 0.588. The lowest BCUT2D eigenvalue weighted by Crippen LogP contribution is -2.23. The molecular formula is C17H24O6. The van der Waals surface area contributed by atoms with Crippen molar-refractivity contribution in [1.29, 1.82) is 0 Å². The first-order valence-electron chi connectivity index (χ1n) is 7.92. The van der Waals surface area contributed by atoms with Crippen LogP contribution in [-0.2, 0) is 37.0 Å². The second-order valence-corrected chi connectivity index (χ2v) is 5.42. The van der Waals surface area contributed by atoms with Crippen LogP contribution < -0.4 is 0 Å². The molecule has 1 aromatic carbocycles. The summed E-state index contributed by atoms with van der Waals surface area (Å²) in [5, 5.41) is 8.50. The van der Waals surface area contributed by atoms with Crippen LogP contribution >= 0.6 is 0 Å². The molecule has 0 aliphatic carbocycles. The van der Waals surface area contributed by atoms with Crippen LogP contribution in [0.4, 0.5) is 0 Å². The van der Waals surface area contributed by atoms with Crippen LogP contribution in [0.2, 0.25) is 0 Å². The summed E-state index contributed by atoms with van der Waals surface area (Å²) in [5.41, 5.74) is 1.99. The second-order valence-electron chi connectivity index (χ2n) is 5.42. The summed E-state index contributed by atoms with van der Waals surface area (Å²) in [7, 11) is 0. The molecule has 1 aromatic rings. The van der Waals surface area contributed by atoms with Crippen LogP contribution in [0.5, 0.6) is 0 Å². The number of rotatable bonds is 10. The Kier molecular flexibility index (Phi) is 8.03. The summed E-state index contributed by atoms with van der Waals surface area (Å²) in [5.74, 6) is -0.962. The van der Waals surface area contributed by atoms with Gasteiger partial charge in [-0.1, -0.05) is 24.3 Å². The van der Waals surface area contributed by atoms with Crippen LogP contribution in [0.1, 0.15) is 30.4 Å². The summed E-state index contributed by atoms with van der Waals surface area (Å²) in [6.45, 7) is 2.38. The molecule has 1 atom stereocenters. The lowest BCUT2D eigenvalue weighted by molar-refractivity contribution is -0.169. The number of carboxylic acid groups (broad SMARTS) is 1. The molecule has 1 aliphatic heterocycles. The van der Waals surface area contributed by atoms with Crippen LogP contribution in [0.15, 0.2) is 24.3 Å². The normalized spacial score (nSPS) is 18.0. The smallest absolute Gasteiger partial charge is 0.329 e. The number of ether oxygens (including phenoxy) is 4. The van der Waals surface area contributed by atoms with Crippen molar-refractivity contribution in [2.24, 2.45) is 0 Å². The van der Waals surface area contributed by atoms with E-state index in [1.165, 1.54) is 0 Å². The predicted octanol–water partition coefficient (Wildman–Crippen LogP) is 2.35. The molecule has 6 heteroatoms. The van der Waals surface area contributed by atoms with E-state index in [2.05, 4.69) is 0 Å². The minimum atomic E-state index is -0.962. The average Bonchev–Trinajstić information content (AvgIpc) is 2.56. The van der Waals surface area contributed by atoms with E-state index in [1.807, 2.05) is 24.3 Å². The van der Waals surface area contributed by atoms with Crippen LogP contribution in [-0.4, -0.2) is 43.8 Å². The number of benzene rings is 1. The van der Waals surface area contributed by atoms with Gasteiger partial charge in [-0.25, -0.2) is 4.79 Å². The first-order chi connectivity index (χ1) is 11.2. The van der Waals surface area contributed by atoms with Crippen LogP contribution in [0, 0.1) is 0 Å². The molecular weight excluding hydrogens is 300 g/mol. The van der Waals surface area contributed by atoms with Crippen LogP contribution in [0.25, 0.3) is 0 Å². The van der Waals surface area contributed by atoms with Crippen molar-refractivity contribution in [2.75, 3.05) is 26.4 Å². The van der Waals surface area contributed by atoms with Gasteiger partial charge in [0.05, 0.1) is 26.4 Å². The summed E-state index contributed by atoms with van der Waals surface area (Å²) < 4.78 is 21.7. The van der Waals surface area contributed by atoms with Crippen molar-refractivity contribution in [3.05, 3.63) is 35.4 Å². The molecule has 1 unspecified atom stereocenters. The highest BCUT2D eigenvalue weighted by Gasteiger charge is 2.13. The van der Waals surface area contributed by atoms with Gasteiger partial charge in [-0.05, 0) is 30.4 Å². The van der Waals surface area contributed by atoms with Crippen molar-refractivity contribution in [3.63, 3.8) is 0 Å². The molecule has 6 nitrogen and oxygen atoms in total. The van der Waals surface area contributed by atoms with E-state index in [0.717, 1.165) is 37.0 Å². The largest absolute Gasteiger partial charge is 0.480 e. The second kappa shape index (κ2) is 10.3. The van der Waals surface area contributed by atoms with Gasteiger partial charge in [0.1, 0.15) is 6.61 Å². The third kappa shape index (κ3) is 7.56.